The first-order valence-corrected chi connectivity index (χ1v) is 8.88. The van der Waals surface area contributed by atoms with E-state index in [0.717, 1.165) is 12.8 Å². The molecule has 0 radical (unpaired) electrons. The molecule has 0 spiro atoms. The van der Waals surface area contributed by atoms with Crippen LogP contribution in [0.5, 0.6) is 0 Å². The van der Waals surface area contributed by atoms with Crippen LogP contribution in [0.25, 0.3) is 0 Å². The van der Waals surface area contributed by atoms with E-state index in [1.165, 1.54) is 30.7 Å². The van der Waals surface area contributed by atoms with Gasteiger partial charge in [-0.15, -0.1) is 0 Å². The molecule has 0 aromatic heterocycles. The summed E-state index contributed by atoms with van der Waals surface area (Å²) < 4.78 is 5.66. The van der Waals surface area contributed by atoms with E-state index in [-0.39, 0.29) is 23.2 Å². The third-order valence-electron chi connectivity index (χ3n) is 4.63. The molecule has 4 heteroatoms. The van der Waals surface area contributed by atoms with Crippen LogP contribution in [0.1, 0.15) is 92.4 Å². The molecule has 1 aliphatic heterocycles. The number of carbonyl (C=O) groups excluding carboxylic acids is 1. The summed E-state index contributed by atoms with van der Waals surface area (Å²) in [7, 11) is 0. The fourth-order valence-electron chi connectivity index (χ4n) is 3.56. The molecule has 1 saturated heterocycles. The van der Waals surface area contributed by atoms with Crippen molar-refractivity contribution in [2.45, 2.75) is 110 Å². The molecule has 1 N–H and O–H groups in total. The number of ether oxygens (including phenoxy) is 1. The second kappa shape index (κ2) is 8.30. The van der Waals surface area contributed by atoms with E-state index in [4.69, 9.17) is 4.74 Å². The van der Waals surface area contributed by atoms with Gasteiger partial charge in [-0.25, -0.2) is 0 Å². The van der Waals surface area contributed by atoms with Gasteiger partial charge in [0.2, 0.25) is 0 Å². The Labute approximate surface area is 136 Å². The zero-order chi connectivity index (χ0) is 16.8. The number of rotatable bonds is 8. The molecule has 0 aromatic rings. The van der Waals surface area contributed by atoms with Gasteiger partial charge in [0, 0.05) is 30.3 Å². The number of esters is 1. The van der Waals surface area contributed by atoms with Gasteiger partial charge in [0.15, 0.2) is 0 Å². The molecule has 0 atom stereocenters. The Morgan fingerprint density at radius 1 is 1.05 bits per heavy atom. The Kier molecular flexibility index (Phi) is 7.33. The van der Waals surface area contributed by atoms with E-state index in [1.807, 2.05) is 27.7 Å². The highest BCUT2D eigenvalue weighted by Crippen LogP contribution is 2.38. The van der Waals surface area contributed by atoms with E-state index in [1.54, 1.807) is 0 Å². The van der Waals surface area contributed by atoms with Crippen molar-refractivity contribution in [2.75, 3.05) is 0 Å². The first-order chi connectivity index (χ1) is 10.2. The van der Waals surface area contributed by atoms with Gasteiger partial charge in [0.1, 0.15) is 6.10 Å². The normalized spacial score (nSPS) is 21.7. The summed E-state index contributed by atoms with van der Waals surface area (Å²) in [6, 6.07) is 0. The molecule has 22 heavy (non-hydrogen) atoms. The maximum Gasteiger partial charge on any atom is 0.306 e. The second-order valence-electron chi connectivity index (χ2n) is 7.97. The number of hydroxylamine groups is 2. The Morgan fingerprint density at radius 3 is 2.09 bits per heavy atom. The molecule has 0 amide bonds. The highest BCUT2D eigenvalue weighted by atomic mass is 16.5. The third kappa shape index (κ3) is 5.88. The largest absolute Gasteiger partial charge is 0.462 e. The fourth-order valence-corrected chi connectivity index (χ4v) is 3.56. The van der Waals surface area contributed by atoms with Gasteiger partial charge in [-0.3, -0.25) is 4.79 Å². The molecule has 0 unspecified atom stereocenters. The van der Waals surface area contributed by atoms with E-state index in [9.17, 15) is 10.0 Å². The van der Waals surface area contributed by atoms with Gasteiger partial charge in [0.05, 0.1) is 0 Å². The summed E-state index contributed by atoms with van der Waals surface area (Å²) in [6.45, 7) is 10.2. The third-order valence-corrected chi connectivity index (χ3v) is 4.63. The number of nitrogens with zero attached hydrogens (tertiary/aromatic N) is 1. The molecule has 1 rings (SSSR count). The predicted octanol–water partition coefficient (Wildman–Crippen LogP) is 4.69. The van der Waals surface area contributed by atoms with E-state index in [0.29, 0.717) is 19.3 Å². The van der Waals surface area contributed by atoms with Crippen LogP contribution < -0.4 is 0 Å². The number of piperidine rings is 1. The molecule has 1 fully saturated rings. The molecule has 0 saturated carbocycles. The summed E-state index contributed by atoms with van der Waals surface area (Å²) in [5.74, 6) is -0.0847. The molecule has 0 aliphatic carbocycles. The quantitative estimate of drug-likeness (QED) is 0.521. The Bertz CT molecular complexity index is 334. The second-order valence-corrected chi connectivity index (χ2v) is 7.97. The van der Waals surface area contributed by atoms with Crippen molar-refractivity contribution in [3.8, 4) is 0 Å². The van der Waals surface area contributed by atoms with E-state index in [2.05, 4.69) is 6.92 Å². The highest BCUT2D eigenvalue weighted by molar-refractivity contribution is 5.69. The van der Waals surface area contributed by atoms with Crippen LogP contribution >= 0.6 is 0 Å². The summed E-state index contributed by atoms with van der Waals surface area (Å²) in [5.41, 5.74) is -0.736. The van der Waals surface area contributed by atoms with Crippen molar-refractivity contribution < 1.29 is 14.7 Å². The minimum atomic E-state index is -0.368. The molecular formula is C18H35NO3. The minimum absolute atomic E-state index is 0.0847. The lowest BCUT2D eigenvalue weighted by Gasteiger charge is -2.50. The minimum Gasteiger partial charge on any atom is -0.462 e. The lowest BCUT2D eigenvalue weighted by atomic mass is 9.80. The van der Waals surface area contributed by atoms with Crippen LogP contribution in [0.4, 0.5) is 0 Å². The monoisotopic (exact) mass is 313 g/mol. The van der Waals surface area contributed by atoms with Gasteiger partial charge in [-0.05, 0) is 34.1 Å². The summed E-state index contributed by atoms with van der Waals surface area (Å²) >= 11 is 0. The Balaban J connectivity index is 2.32. The lowest BCUT2D eigenvalue weighted by Crippen LogP contribution is -2.60. The Morgan fingerprint density at radius 2 is 1.55 bits per heavy atom. The summed E-state index contributed by atoms with van der Waals surface area (Å²) in [4.78, 5) is 12.0. The first-order valence-electron chi connectivity index (χ1n) is 8.88. The number of unbranched alkanes of at least 4 members (excludes halogenated alkanes) is 5. The van der Waals surface area contributed by atoms with Crippen LogP contribution in [0.3, 0.4) is 0 Å². The van der Waals surface area contributed by atoms with E-state index >= 15 is 0 Å². The standard InChI is InChI=1S/C18H35NO3/c1-6-7-8-9-10-11-12-16(20)22-15-13-17(2,3)19(21)18(4,5)14-15/h15,21H,6-14H2,1-5H3. The molecule has 4 nitrogen and oxygen atoms in total. The van der Waals surface area contributed by atoms with Crippen LogP contribution in [0.2, 0.25) is 0 Å². The Hall–Kier alpha value is -0.610. The van der Waals surface area contributed by atoms with E-state index < -0.39 is 0 Å². The van der Waals surface area contributed by atoms with Crippen LogP contribution in [0, 0.1) is 0 Å². The molecule has 1 aliphatic rings. The maximum absolute atomic E-state index is 12.0. The summed E-state index contributed by atoms with van der Waals surface area (Å²) in [5, 5.41) is 11.7. The SMILES string of the molecule is CCCCCCCCC(=O)OC1CC(C)(C)N(O)C(C)(C)C1. The molecule has 1 heterocycles. The highest BCUT2D eigenvalue weighted by Gasteiger charge is 2.46. The molecular weight excluding hydrogens is 278 g/mol. The number of hydrogen-bond donors (Lipinski definition) is 1. The van der Waals surface area contributed by atoms with Crippen molar-refractivity contribution in [1.29, 1.82) is 0 Å². The first kappa shape index (κ1) is 19.4. The zero-order valence-electron chi connectivity index (χ0n) is 15.2. The van der Waals surface area contributed by atoms with Crippen LogP contribution in [-0.2, 0) is 9.53 Å². The predicted molar refractivity (Wildman–Crippen MR) is 88.9 cm³/mol. The zero-order valence-corrected chi connectivity index (χ0v) is 15.2. The summed E-state index contributed by atoms with van der Waals surface area (Å²) in [6.07, 6.45) is 8.82. The van der Waals surface area contributed by atoms with Crippen molar-refractivity contribution in [2.24, 2.45) is 0 Å². The number of carbonyl (C=O) groups is 1. The smallest absolute Gasteiger partial charge is 0.306 e. The lowest BCUT2D eigenvalue weighted by molar-refractivity contribution is -0.259. The maximum atomic E-state index is 12.0. The van der Waals surface area contributed by atoms with Gasteiger partial charge in [0.25, 0.3) is 0 Å². The van der Waals surface area contributed by atoms with Gasteiger partial charge >= 0.3 is 5.97 Å². The van der Waals surface area contributed by atoms with Crippen LogP contribution in [-0.4, -0.2) is 33.4 Å². The average Bonchev–Trinajstić information content (AvgIpc) is 2.39. The molecule has 0 aromatic carbocycles. The van der Waals surface area contributed by atoms with Crippen molar-refractivity contribution >= 4 is 5.97 Å². The average molecular weight is 313 g/mol. The van der Waals surface area contributed by atoms with Crippen molar-refractivity contribution in [3.05, 3.63) is 0 Å². The fraction of sp³-hybridized carbons (Fsp3) is 0.944. The van der Waals surface area contributed by atoms with Gasteiger partial charge in [-0.1, -0.05) is 39.0 Å². The molecule has 130 valence electrons. The number of hydrogen-bond acceptors (Lipinski definition) is 4. The topological polar surface area (TPSA) is 49.8 Å². The van der Waals surface area contributed by atoms with Crippen LogP contribution in [0.15, 0.2) is 0 Å². The van der Waals surface area contributed by atoms with Gasteiger partial charge in [-0.2, -0.15) is 5.06 Å². The van der Waals surface area contributed by atoms with Gasteiger partial charge < -0.3 is 9.94 Å². The molecule has 0 bridgehead atoms. The van der Waals surface area contributed by atoms with Crippen molar-refractivity contribution in [3.63, 3.8) is 0 Å². The van der Waals surface area contributed by atoms with Crippen molar-refractivity contribution in [1.82, 2.24) is 5.06 Å².